The first-order valence-electron chi connectivity index (χ1n) is 9.65. The number of hydrazone groups is 1. The Morgan fingerprint density at radius 1 is 1.11 bits per heavy atom. The Morgan fingerprint density at radius 2 is 1.85 bits per heavy atom. The number of rotatable bonds is 1. The summed E-state index contributed by atoms with van der Waals surface area (Å²) in [6.07, 6.45) is 2.87. The SMILES string of the molecule is Cc1ccc(C2=NN3[C@@H](C2)c2cc(Br)ccc2OC32CCN(C)CC2)cc1. The largest absolute Gasteiger partial charge is 0.466 e. The monoisotopic (exact) mass is 425 g/mol. The third-order valence-corrected chi connectivity index (χ3v) is 6.61. The van der Waals surface area contributed by atoms with Crippen molar-refractivity contribution in [3.05, 3.63) is 63.6 Å². The van der Waals surface area contributed by atoms with Crippen LogP contribution in [0.5, 0.6) is 5.75 Å². The fourth-order valence-corrected chi connectivity index (χ4v) is 4.85. The molecule has 2 aromatic rings. The highest BCUT2D eigenvalue weighted by Gasteiger charge is 2.51. The minimum absolute atomic E-state index is 0.242. The molecule has 1 saturated heterocycles. The Labute approximate surface area is 168 Å². The van der Waals surface area contributed by atoms with Crippen molar-refractivity contribution in [2.45, 2.75) is 38.0 Å². The summed E-state index contributed by atoms with van der Waals surface area (Å²) in [4.78, 5) is 2.38. The van der Waals surface area contributed by atoms with Gasteiger partial charge in [0.1, 0.15) is 5.75 Å². The maximum atomic E-state index is 6.65. The molecule has 0 aliphatic carbocycles. The van der Waals surface area contributed by atoms with E-state index in [1.54, 1.807) is 0 Å². The van der Waals surface area contributed by atoms with Crippen molar-refractivity contribution in [3.8, 4) is 5.75 Å². The highest BCUT2D eigenvalue weighted by atomic mass is 79.9. The first-order chi connectivity index (χ1) is 13.0. The van der Waals surface area contributed by atoms with Gasteiger partial charge in [-0.1, -0.05) is 45.8 Å². The molecule has 140 valence electrons. The van der Waals surface area contributed by atoms with E-state index in [9.17, 15) is 0 Å². The average molecular weight is 426 g/mol. The van der Waals surface area contributed by atoms with E-state index in [0.29, 0.717) is 0 Å². The van der Waals surface area contributed by atoms with E-state index in [2.05, 4.69) is 82.3 Å². The van der Waals surface area contributed by atoms with Crippen molar-refractivity contribution < 1.29 is 4.74 Å². The molecule has 1 spiro atoms. The minimum atomic E-state index is -0.329. The van der Waals surface area contributed by atoms with Gasteiger partial charge in [0.2, 0.25) is 5.72 Å². The number of piperidine rings is 1. The Kier molecular flexibility index (Phi) is 4.06. The molecule has 3 aliphatic heterocycles. The summed E-state index contributed by atoms with van der Waals surface area (Å²) in [5, 5.41) is 7.41. The molecular formula is C22H24BrN3O. The second-order valence-electron chi connectivity index (χ2n) is 8.01. The normalized spacial score (nSPS) is 23.6. The predicted octanol–water partition coefficient (Wildman–Crippen LogP) is 4.72. The van der Waals surface area contributed by atoms with Gasteiger partial charge in [-0.05, 0) is 37.7 Å². The summed E-state index contributed by atoms with van der Waals surface area (Å²) in [7, 11) is 2.18. The molecule has 5 rings (SSSR count). The summed E-state index contributed by atoms with van der Waals surface area (Å²) in [5.74, 6) is 1.02. The molecule has 0 aromatic heterocycles. The Bertz CT molecular complexity index is 900. The van der Waals surface area contributed by atoms with Crippen LogP contribution in [0.2, 0.25) is 0 Å². The van der Waals surface area contributed by atoms with Gasteiger partial charge in [-0.15, -0.1) is 0 Å². The number of benzene rings is 2. The van der Waals surface area contributed by atoms with Crippen LogP contribution < -0.4 is 4.74 Å². The van der Waals surface area contributed by atoms with E-state index >= 15 is 0 Å². The third kappa shape index (κ3) is 2.88. The van der Waals surface area contributed by atoms with Crippen LogP contribution in [-0.2, 0) is 0 Å². The average Bonchev–Trinajstić information content (AvgIpc) is 3.12. The Balaban J connectivity index is 1.58. The Morgan fingerprint density at radius 3 is 2.59 bits per heavy atom. The standard InChI is InChI=1S/C22H24BrN3O/c1-15-3-5-16(6-4-15)19-14-20-18-13-17(23)7-8-21(18)27-22(26(20)24-19)9-11-25(2)12-10-22/h3-8,13,20H,9-12,14H2,1-2H3/t20-/m0/s1. The number of ether oxygens (including phenoxy) is 1. The number of fused-ring (bicyclic) bond motifs is 4. The van der Waals surface area contributed by atoms with Gasteiger partial charge in [0.05, 0.1) is 11.8 Å². The van der Waals surface area contributed by atoms with Crippen LogP contribution in [0.3, 0.4) is 0 Å². The molecule has 1 fully saturated rings. The lowest BCUT2D eigenvalue weighted by molar-refractivity contribution is -0.147. The van der Waals surface area contributed by atoms with Crippen LogP contribution >= 0.6 is 15.9 Å². The molecule has 2 aromatic carbocycles. The quantitative estimate of drug-likeness (QED) is 0.661. The van der Waals surface area contributed by atoms with E-state index in [1.807, 2.05) is 0 Å². The highest BCUT2D eigenvalue weighted by molar-refractivity contribution is 9.10. The Hall–Kier alpha value is -1.85. The maximum absolute atomic E-state index is 6.65. The van der Waals surface area contributed by atoms with E-state index in [4.69, 9.17) is 9.84 Å². The van der Waals surface area contributed by atoms with Crippen LogP contribution in [0, 0.1) is 6.92 Å². The van der Waals surface area contributed by atoms with Gasteiger partial charge < -0.3 is 9.64 Å². The van der Waals surface area contributed by atoms with Gasteiger partial charge in [0.15, 0.2) is 0 Å². The van der Waals surface area contributed by atoms with Crippen molar-refractivity contribution in [3.63, 3.8) is 0 Å². The van der Waals surface area contributed by atoms with Crippen molar-refractivity contribution in [2.24, 2.45) is 5.10 Å². The van der Waals surface area contributed by atoms with Crippen molar-refractivity contribution >= 4 is 21.6 Å². The van der Waals surface area contributed by atoms with E-state index in [0.717, 1.165) is 48.3 Å². The molecule has 5 heteroatoms. The van der Waals surface area contributed by atoms with Gasteiger partial charge in [0.25, 0.3) is 0 Å². The zero-order chi connectivity index (χ0) is 18.6. The zero-order valence-electron chi connectivity index (χ0n) is 15.8. The number of nitrogens with zero attached hydrogens (tertiary/aromatic N) is 3. The molecular weight excluding hydrogens is 402 g/mol. The van der Waals surface area contributed by atoms with Gasteiger partial charge in [-0.2, -0.15) is 5.10 Å². The molecule has 27 heavy (non-hydrogen) atoms. The van der Waals surface area contributed by atoms with Crippen LogP contribution in [0.1, 0.15) is 42.0 Å². The maximum Gasteiger partial charge on any atom is 0.200 e. The minimum Gasteiger partial charge on any atom is -0.466 e. The van der Waals surface area contributed by atoms with Crippen molar-refractivity contribution in [1.82, 2.24) is 9.91 Å². The number of aryl methyl sites for hydroxylation is 1. The first kappa shape index (κ1) is 17.3. The second-order valence-corrected chi connectivity index (χ2v) is 8.93. The van der Waals surface area contributed by atoms with Crippen molar-refractivity contribution in [2.75, 3.05) is 20.1 Å². The van der Waals surface area contributed by atoms with E-state index in [-0.39, 0.29) is 11.8 Å². The number of halogens is 1. The van der Waals surface area contributed by atoms with Gasteiger partial charge in [-0.25, -0.2) is 5.01 Å². The second kappa shape index (κ2) is 6.35. The van der Waals surface area contributed by atoms with Crippen molar-refractivity contribution in [1.29, 1.82) is 0 Å². The summed E-state index contributed by atoms with van der Waals surface area (Å²) >= 11 is 3.63. The van der Waals surface area contributed by atoms with Gasteiger partial charge in [-0.3, -0.25) is 0 Å². The molecule has 3 heterocycles. The predicted molar refractivity (Wildman–Crippen MR) is 111 cm³/mol. The first-order valence-corrected chi connectivity index (χ1v) is 10.4. The summed E-state index contributed by atoms with van der Waals surface area (Å²) < 4.78 is 7.74. The topological polar surface area (TPSA) is 28.1 Å². The molecule has 0 radical (unpaired) electrons. The summed E-state index contributed by atoms with van der Waals surface area (Å²) in [6.45, 7) is 4.19. The molecule has 0 amide bonds. The van der Waals surface area contributed by atoms with Gasteiger partial charge >= 0.3 is 0 Å². The van der Waals surface area contributed by atoms with Crippen LogP contribution in [0.15, 0.2) is 52.0 Å². The lowest BCUT2D eigenvalue weighted by atomic mass is 9.91. The van der Waals surface area contributed by atoms with Crippen LogP contribution in [0.4, 0.5) is 0 Å². The molecule has 0 saturated carbocycles. The highest BCUT2D eigenvalue weighted by Crippen LogP contribution is 2.50. The summed E-state index contributed by atoms with van der Waals surface area (Å²) in [5.41, 5.74) is 4.56. The zero-order valence-corrected chi connectivity index (χ0v) is 17.4. The lowest BCUT2D eigenvalue weighted by Gasteiger charge is -2.50. The smallest absolute Gasteiger partial charge is 0.200 e. The molecule has 0 unspecified atom stereocenters. The summed E-state index contributed by atoms with van der Waals surface area (Å²) in [6, 6.07) is 15.3. The third-order valence-electron chi connectivity index (χ3n) is 6.11. The number of hydrogen-bond acceptors (Lipinski definition) is 4. The molecule has 4 nitrogen and oxygen atoms in total. The van der Waals surface area contributed by atoms with Crippen LogP contribution in [-0.4, -0.2) is 41.5 Å². The van der Waals surface area contributed by atoms with E-state index in [1.165, 1.54) is 16.7 Å². The molecule has 3 aliphatic rings. The molecule has 0 bridgehead atoms. The molecule has 0 N–H and O–H groups in total. The molecule has 1 atom stereocenters. The van der Waals surface area contributed by atoms with E-state index < -0.39 is 0 Å². The fraction of sp³-hybridized carbons (Fsp3) is 0.409. The number of likely N-dealkylation sites (tertiary alicyclic amines) is 1. The fourth-order valence-electron chi connectivity index (χ4n) is 4.47. The lowest BCUT2D eigenvalue weighted by Crippen LogP contribution is -2.58. The van der Waals surface area contributed by atoms with Crippen LogP contribution in [0.25, 0.3) is 0 Å². The number of hydrogen-bond donors (Lipinski definition) is 0. The van der Waals surface area contributed by atoms with Gasteiger partial charge in [0, 0.05) is 42.4 Å².